The Morgan fingerprint density at radius 2 is 1.78 bits per heavy atom. The van der Waals surface area contributed by atoms with Gasteiger partial charge in [0, 0.05) is 30.6 Å². The number of nitrogens with zero attached hydrogens (tertiary/aromatic N) is 2. The normalized spacial score (nSPS) is 14.5. The highest BCUT2D eigenvalue weighted by Crippen LogP contribution is 2.35. The molecule has 2 aromatic heterocycles. The van der Waals surface area contributed by atoms with E-state index in [-0.39, 0.29) is 10.8 Å². The summed E-state index contributed by atoms with van der Waals surface area (Å²) in [5.41, 5.74) is 4.06. The average molecular weight is 316 g/mol. The van der Waals surface area contributed by atoms with Crippen LogP contribution in [0.3, 0.4) is 0 Å². The van der Waals surface area contributed by atoms with E-state index in [0.717, 1.165) is 6.42 Å². The first-order valence-electron chi connectivity index (χ1n) is 8.72. The Morgan fingerprint density at radius 3 is 2.30 bits per heavy atom. The van der Waals surface area contributed by atoms with Crippen molar-refractivity contribution in [1.82, 2.24) is 14.8 Å². The van der Waals surface area contributed by atoms with Crippen molar-refractivity contribution in [2.75, 3.05) is 0 Å². The third kappa shape index (κ3) is 3.54. The van der Waals surface area contributed by atoms with Gasteiger partial charge in [0.2, 0.25) is 0 Å². The number of H-pyrrole nitrogens is 1. The Kier molecular flexibility index (Phi) is 4.79. The zero-order chi connectivity index (χ0) is 17.4. The van der Waals surface area contributed by atoms with Crippen LogP contribution in [0.25, 0.3) is 0 Å². The molecule has 1 N–H and O–H groups in total. The fourth-order valence-corrected chi connectivity index (χ4v) is 2.85. The predicted octanol–water partition coefficient (Wildman–Crippen LogP) is 4.84. The van der Waals surface area contributed by atoms with Crippen molar-refractivity contribution in [3.63, 3.8) is 0 Å². The summed E-state index contributed by atoms with van der Waals surface area (Å²) in [4.78, 5) is 0. The highest BCUT2D eigenvalue weighted by Gasteiger charge is 2.31. The molecule has 0 aromatic carbocycles. The maximum atomic E-state index is 4.59. The smallest absolute Gasteiger partial charge is 0.0683 e. The quantitative estimate of drug-likeness (QED) is 0.813. The first-order valence-corrected chi connectivity index (χ1v) is 8.72. The number of hydrogen-bond acceptors (Lipinski definition) is 1. The lowest BCUT2D eigenvalue weighted by Crippen LogP contribution is -2.28. The molecule has 0 saturated heterocycles. The number of hydrogen-bond donors (Lipinski definition) is 1. The largest absolute Gasteiger partial charge is 0.357 e. The van der Waals surface area contributed by atoms with Gasteiger partial charge in [-0.25, -0.2) is 0 Å². The molecule has 0 fully saturated rings. The van der Waals surface area contributed by atoms with Gasteiger partial charge in [0.1, 0.15) is 0 Å². The summed E-state index contributed by atoms with van der Waals surface area (Å²) in [5.74, 6) is 1.09. The molecule has 0 bridgehead atoms. The summed E-state index contributed by atoms with van der Waals surface area (Å²) < 4.78 is 2.13. The first-order chi connectivity index (χ1) is 10.5. The molecular formula is C20H33N3. The van der Waals surface area contributed by atoms with E-state index in [2.05, 4.69) is 94.8 Å². The van der Waals surface area contributed by atoms with E-state index in [9.17, 15) is 0 Å². The van der Waals surface area contributed by atoms with Crippen molar-refractivity contribution >= 4 is 0 Å². The van der Waals surface area contributed by atoms with Crippen LogP contribution < -0.4 is 0 Å². The van der Waals surface area contributed by atoms with Crippen molar-refractivity contribution in [3.05, 3.63) is 41.5 Å². The molecule has 0 saturated carbocycles. The summed E-state index contributed by atoms with van der Waals surface area (Å²) >= 11 is 0. The number of aromatic amines is 1. The van der Waals surface area contributed by atoms with Crippen LogP contribution in [0.15, 0.2) is 24.5 Å². The van der Waals surface area contributed by atoms with Gasteiger partial charge in [0.05, 0.1) is 5.69 Å². The third-order valence-corrected chi connectivity index (χ3v) is 6.07. The minimum absolute atomic E-state index is 0.104. The van der Waals surface area contributed by atoms with E-state index in [0.29, 0.717) is 11.8 Å². The van der Waals surface area contributed by atoms with Crippen LogP contribution in [0.1, 0.15) is 65.4 Å². The molecule has 2 aromatic rings. The van der Waals surface area contributed by atoms with Crippen LogP contribution in [0.2, 0.25) is 0 Å². The summed E-state index contributed by atoms with van der Waals surface area (Å²) in [6.07, 6.45) is 5.38. The van der Waals surface area contributed by atoms with E-state index < -0.39 is 0 Å². The van der Waals surface area contributed by atoms with Crippen LogP contribution in [0.4, 0.5) is 0 Å². The Labute approximate surface area is 141 Å². The van der Waals surface area contributed by atoms with Crippen molar-refractivity contribution in [3.8, 4) is 0 Å². The van der Waals surface area contributed by atoms with Crippen molar-refractivity contribution in [2.24, 2.45) is 18.9 Å². The second-order valence-corrected chi connectivity index (χ2v) is 8.55. The SMILES string of the molecule is CC(C)C(C)(C)c1cc(CC(C)C(C)(C)c2ccn(C)c2)[nH]n1. The predicted molar refractivity (Wildman–Crippen MR) is 97.8 cm³/mol. The lowest BCUT2D eigenvalue weighted by atomic mass is 9.73. The highest BCUT2D eigenvalue weighted by atomic mass is 15.1. The van der Waals surface area contributed by atoms with Gasteiger partial charge in [-0.15, -0.1) is 0 Å². The molecule has 0 amide bonds. The molecule has 0 aliphatic heterocycles. The standard InChI is InChI=1S/C20H33N3/c1-14(2)19(4,5)18-12-17(21-22-18)11-15(3)20(6,7)16-9-10-23(8)13-16/h9-10,12-15H,11H2,1-8H3,(H,21,22). The van der Waals surface area contributed by atoms with Gasteiger partial charge in [-0.3, -0.25) is 5.10 Å². The number of aryl methyl sites for hydroxylation is 1. The lowest BCUT2D eigenvalue weighted by Gasteiger charge is -2.31. The van der Waals surface area contributed by atoms with Crippen molar-refractivity contribution in [1.29, 1.82) is 0 Å². The minimum atomic E-state index is 0.104. The van der Waals surface area contributed by atoms with Gasteiger partial charge in [-0.05, 0) is 41.4 Å². The van der Waals surface area contributed by atoms with E-state index in [4.69, 9.17) is 0 Å². The molecule has 0 spiro atoms. The Bertz CT molecular complexity index is 643. The number of aromatic nitrogens is 3. The Balaban J connectivity index is 2.15. The summed E-state index contributed by atoms with van der Waals surface area (Å²) in [7, 11) is 2.08. The van der Waals surface area contributed by atoms with Crippen LogP contribution in [-0.4, -0.2) is 14.8 Å². The second kappa shape index (κ2) is 6.18. The summed E-state index contributed by atoms with van der Waals surface area (Å²) in [6, 6.07) is 4.49. The van der Waals surface area contributed by atoms with Gasteiger partial charge >= 0.3 is 0 Å². The molecular weight excluding hydrogens is 282 g/mol. The van der Waals surface area contributed by atoms with Crippen LogP contribution >= 0.6 is 0 Å². The zero-order valence-corrected chi connectivity index (χ0v) is 16.1. The van der Waals surface area contributed by atoms with E-state index >= 15 is 0 Å². The molecule has 1 atom stereocenters. The maximum Gasteiger partial charge on any atom is 0.0683 e. The fraction of sp³-hybridized carbons (Fsp3) is 0.650. The van der Waals surface area contributed by atoms with E-state index in [1.807, 2.05) is 0 Å². The third-order valence-electron chi connectivity index (χ3n) is 6.07. The van der Waals surface area contributed by atoms with Crippen LogP contribution in [0.5, 0.6) is 0 Å². The molecule has 3 nitrogen and oxygen atoms in total. The summed E-state index contributed by atoms with van der Waals surface area (Å²) in [5, 5.41) is 7.86. The topological polar surface area (TPSA) is 33.6 Å². The molecule has 0 radical (unpaired) electrons. The van der Waals surface area contributed by atoms with Crippen LogP contribution in [0, 0.1) is 11.8 Å². The fourth-order valence-electron chi connectivity index (χ4n) is 2.85. The molecule has 1 unspecified atom stereocenters. The summed E-state index contributed by atoms with van der Waals surface area (Å²) in [6.45, 7) is 16.1. The minimum Gasteiger partial charge on any atom is -0.357 e. The molecule has 128 valence electrons. The monoisotopic (exact) mass is 315 g/mol. The Hall–Kier alpha value is -1.51. The highest BCUT2D eigenvalue weighted by molar-refractivity contribution is 5.24. The zero-order valence-electron chi connectivity index (χ0n) is 16.1. The van der Waals surface area contributed by atoms with E-state index in [1.54, 1.807) is 0 Å². The molecule has 23 heavy (non-hydrogen) atoms. The second-order valence-electron chi connectivity index (χ2n) is 8.55. The average Bonchev–Trinajstić information content (AvgIpc) is 3.08. The maximum absolute atomic E-state index is 4.59. The molecule has 2 rings (SSSR count). The van der Waals surface area contributed by atoms with Crippen LogP contribution in [-0.2, 0) is 24.3 Å². The number of nitrogens with one attached hydrogen (secondary N) is 1. The first kappa shape index (κ1) is 17.8. The van der Waals surface area contributed by atoms with E-state index in [1.165, 1.54) is 17.0 Å². The Morgan fingerprint density at radius 1 is 1.13 bits per heavy atom. The molecule has 0 aliphatic carbocycles. The van der Waals surface area contributed by atoms with Crippen molar-refractivity contribution in [2.45, 2.75) is 65.7 Å². The number of rotatable bonds is 6. The molecule has 2 heterocycles. The molecule has 0 aliphatic rings. The van der Waals surface area contributed by atoms with Gasteiger partial charge in [0.25, 0.3) is 0 Å². The van der Waals surface area contributed by atoms with Gasteiger partial charge < -0.3 is 4.57 Å². The van der Waals surface area contributed by atoms with Gasteiger partial charge in [-0.2, -0.15) is 5.10 Å². The van der Waals surface area contributed by atoms with Gasteiger partial charge in [0.15, 0.2) is 0 Å². The van der Waals surface area contributed by atoms with Crippen molar-refractivity contribution < 1.29 is 0 Å². The lowest BCUT2D eigenvalue weighted by molar-refractivity contribution is 0.339. The molecule has 3 heteroatoms. The van der Waals surface area contributed by atoms with Gasteiger partial charge in [-0.1, -0.05) is 48.5 Å².